The fourth-order valence-electron chi connectivity index (χ4n) is 2.30. The molecular weight excluding hydrogens is 314 g/mol. The Morgan fingerprint density at radius 1 is 0.960 bits per heavy atom. The maximum absolute atomic E-state index is 11.0. The normalized spacial score (nSPS) is 10.7. The number of benzene rings is 2. The molecule has 0 amide bonds. The van der Waals surface area contributed by atoms with Gasteiger partial charge in [-0.2, -0.15) is 0 Å². The van der Waals surface area contributed by atoms with Crippen LogP contribution in [-0.4, -0.2) is 16.1 Å². The number of rotatable bonds is 6. The van der Waals surface area contributed by atoms with Crippen LogP contribution in [0.1, 0.15) is 27.0 Å². The van der Waals surface area contributed by atoms with Crippen LogP contribution in [0.25, 0.3) is 12.2 Å². The largest absolute Gasteiger partial charge is 0.489 e. The van der Waals surface area contributed by atoms with E-state index in [2.05, 4.69) is 4.98 Å². The second-order valence-corrected chi connectivity index (χ2v) is 5.48. The summed E-state index contributed by atoms with van der Waals surface area (Å²) in [6.07, 6.45) is 7.57. The van der Waals surface area contributed by atoms with Gasteiger partial charge < -0.3 is 9.84 Å². The van der Waals surface area contributed by atoms with Crippen molar-refractivity contribution in [3.63, 3.8) is 0 Å². The molecule has 25 heavy (non-hydrogen) atoms. The minimum absolute atomic E-state index is 0.262. The maximum atomic E-state index is 11.0. The number of hydrogen-bond donors (Lipinski definition) is 1. The van der Waals surface area contributed by atoms with Crippen molar-refractivity contribution in [2.75, 3.05) is 0 Å². The van der Waals surface area contributed by atoms with Gasteiger partial charge in [0.1, 0.15) is 12.4 Å². The summed E-state index contributed by atoms with van der Waals surface area (Å²) >= 11 is 0. The second-order valence-electron chi connectivity index (χ2n) is 5.48. The summed E-state index contributed by atoms with van der Waals surface area (Å²) in [6, 6.07) is 18.4. The molecule has 4 nitrogen and oxygen atoms in total. The standard InChI is InChI=1S/C21H17NO3/c23-21(24)19-3-1-2-18(14-19)15-25-20-8-6-16(7-9-20)4-5-17-10-12-22-13-11-17/h1-14H,15H2,(H,23,24). The van der Waals surface area contributed by atoms with E-state index < -0.39 is 5.97 Å². The topological polar surface area (TPSA) is 59.4 Å². The maximum Gasteiger partial charge on any atom is 0.335 e. The quantitative estimate of drug-likeness (QED) is 0.721. The van der Waals surface area contributed by atoms with Crippen LogP contribution in [0.3, 0.4) is 0 Å². The number of nitrogens with zero attached hydrogens (tertiary/aromatic N) is 1. The lowest BCUT2D eigenvalue weighted by Gasteiger charge is -2.07. The van der Waals surface area contributed by atoms with E-state index in [4.69, 9.17) is 9.84 Å². The highest BCUT2D eigenvalue weighted by Crippen LogP contribution is 2.16. The first-order chi connectivity index (χ1) is 12.2. The van der Waals surface area contributed by atoms with Crippen molar-refractivity contribution < 1.29 is 14.6 Å². The molecule has 0 fully saturated rings. The third-order valence-corrected chi connectivity index (χ3v) is 3.63. The van der Waals surface area contributed by atoms with Gasteiger partial charge in [-0.1, -0.05) is 36.4 Å². The lowest BCUT2D eigenvalue weighted by atomic mass is 10.1. The average molecular weight is 331 g/mol. The number of carboxylic acid groups (broad SMARTS) is 1. The molecule has 4 heteroatoms. The Bertz CT molecular complexity index is 871. The summed E-state index contributed by atoms with van der Waals surface area (Å²) in [7, 11) is 0. The van der Waals surface area contributed by atoms with E-state index >= 15 is 0 Å². The molecule has 0 bridgehead atoms. The number of carboxylic acids is 1. The van der Waals surface area contributed by atoms with E-state index in [-0.39, 0.29) is 5.56 Å². The molecule has 0 aliphatic rings. The zero-order valence-electron chi connectivity index (χ0n) is 13.5. The van der Waals surface area contributed by atoms with Crippen molar-refractivity contribution in [2.45, 2.75) is 6.61 Å². The average Bonchev–Trinajstić information content (AvgIpc) is 2.66. The molecule has 124 valence electrons. The van der Waals surface area contributed by atoms with Crippen LogP contribution in [0.4, 0.5) is 0 Å². The predicted octanol–water partition coefficient (Wildman–Crippen LogP) is 4.53. The minimum atomic E-state index is -0.938. The number of carbonyl (C=O) groups is 1. The monoisotopic (exact) mass is 331 g/mol. The molecule has 0 atom stereocenters. The Hall–Kier alpha value is -3.40. The fourth-order valence-corrected chi connectivity index (χ4v) is 2.30. The molecule has 3 aromatic rings. The highest BCUT2D eigenvalue weighted by atomic mass is 16.5. The van der Waals surface area contributed by atoms with Gasteiger partial charge in [0.25, 0.3) is 0 Å². The Kier molecular flexibility index (Phi) is 5.22. The van der Waals surface area contributed by atoms with Crippen molar-refractivity contribution in [1.82, 2.24) is 4.98 Å². The lowest BCUT2D eigenvalue weighted by molar-refractivity contribution is 0.0696. The van der Waals surface area contributed by atoms with Gasteiger partial charge in [0, 0.05) is 12.4 Å². The predicted molar refractivity (Wildman–Crippen MR) is 97.3 cm³/mol. The molecule has 0 aliphatic carbocycles. The van der Waals surface area contributed by atoms with Gasteiger partial charge in [0.2, 0.25) is 0 Å². The molecule has 2 aromatic carbocycles. The summed E-state index contributed by atoms with van der Waals surface area (Å²) in [5, 5.41) is 9.01. The van der Waals surface area contributed by atoms with Gasteiger partial charge in [-0.15, -0.1) is 0 Å². The van der Waals surface area contributed by atoms with Gasteiger partial charge >= 0.3 is 5.97 Å². The van der Waals surface area contributed by atoms with Gasteiger partial charge in [0.15, 0.2) is 0 Å². The third kappa shape index (κ3) is 4.78. The Morgan fingerprint density at radius 3 is 2.32 bits per heavy atom. The summed E-state index contributed by atoms with van der Waals surface area (Å²) in [5.74, 6) is -0.200. The molecule has 0 saturated heterocycles. The molecule has 3 rings (SSSR count). The van der Waals surface area contributed by atoms with Crippen molar-refractivity contribution in [1.29, 1.82) is 0 Å². The van der Waals surface area contributed by atoms with Crippen LogP contribution in [0.2, 0.25) is 0 Å². The van der Waals surface area contributed by atoms with Gasteiger partial charge in [-0.25, -0.2) is 4.79 Å². The zero-order chi connectivity index (χ0) is 17.5. The Labute approximate surface area is 146 Å². The van der Waals surface area contributed by atoms with Gasteiger partial charge in [-0.3, -0.25) is 4.98 Å². The molecule has 0 aliphatic heterocycles. The van der Waals surface area contributed by atoms with Crippen molar-refractivity contribution in [3.8, 4) is 5.75 Å². The number of pyridine rings is 1. The van der Waals surface area contributed by atoms with Crippen molar-refractivity contribution >= 4 is 18.1 Å². The summed E-state index contributed by atoms with van der Waals surface area (Å²) in [5.41, 5.74) is 3.24. The molecule has 0 spiro atoms. The highest BCUT2D eigenvalue weighted by molar-refractivity contribution is 5.87. The first-order valence-corrected chi connectivity index (χ1v) is 7.84. The smallest absolute Gasteiger partial charge is 0.335 e. The van der Waals surface area contributed by atoms with Crippen LogP contribution in [0.15, 0.2) is 73.1 Å². The van der Waals surface area contributed by atoms with Crippen molar-refractivity contribution in [2.24, 2.45) is 0 Å². The molecule has 1 aromatic heterocycles. The van der Waals surface area contributed by atoms with Crippen LogP contribution in [-0.2, 0) is 6.61 Å². The van der Waals surface area contributed by atoms with E-state index in [0.717, 1.165) is 22.4 Å². The molecule has 0 unspecified atom stereocenters. The van der Waals surface area contributed by atoms with E-state index in [1.807, 2.05) is 54.6 Å². The lowest BCUT2D eigenvalue weighted by Crippen LogP contribution is -2.00. The van der Waals surface area contributed by atoms with Gasteiger partial charge in [-0.05, 0) is 53.1 Å². The summed E-state index contributed by atoms with van der Waals surface area (Å²) < 4.78 is 5.72. The van der Waals surface area contributed by atoms with Crippen LogP contribution >= 0.6 is 0 Å². The third-order valence-electron chi connectivity index (χ3n) is 3.63. The Balaban J connectivity index is 1.60. The van der Waals surface area contributed by atoms with E-state index in [0.29, 0.717) is 6.61 Å². The van der Waals surface area contributed by atoms with Crippen LogP contribution < -0.4 is 4.74 Å². The molecular formula is C21H17NO3. The number of hydrogen-bond acceptors (Lipinski definition) is 3. The highest BCUT2D eigenvalue weighted by Gasteiger charge is 2.03. The molecule has 0 radical (unpaired) electrons. The molecule has 0 saturated carbocycles. The van der Waals surface area contributed by atoms with E-state index in [1.165, 1.54) is 0 Å². The summed E-state index contributed by atoms with van der Waals surface area (Å²) in [6.45, 7) is 0.327. The Morgan fingerprint density at radius 2 is 1.64 bits per heavy atom. The number of ether oxygens (including phenoxy) is 1. The first kappa shape index (κ1) is 16.5. The SMILES string of the molecule is O=C(O)c1cccc(COc2ccc(C=Cc3ccncc3)cc2)c1. The molecule has 1 N–H and O–H groups in total. The fraction of sp³-hybridized carbons (Fsp3) is 0.0476. The van der Waals surface area contributed by atoms with Crippen LogP contribution in [0, 0.1) is 0 Å². The van der Waals surface area contributed by atoms with Crippen molar-refractivity contribution in [3.05, 3.63) is 95.3 Å². The van der Waals surface area contributed by atoms with Gasteiger partial charge in [0.05, 0.1) is 5.56 Å². The number of aromatic carboxylic acids is 1. The minimum Gasteiger partial charge on any atom is -0.489 e. The van der Waals surface area contributed by atoms with E-state index in [1.54, 1.807) is 30.6 Å². The molecule has 1 heterocycles. The second kappa shape index (κ2) is 7.93. The summed E-state index contributed by atoms with van der Waals surface area (Å²) in [4.78, 5) is 15.0. The number of aromatic nitrogens is 1. The van der Waals surface area contributed by atoms with E-state index in [9.17, 15) is 4.79 Å². The zero-order valence-corrected chi connectivity index (χ0v) is 13.5. The first-order valence-electron chi connectivity index (χ1n) is 7.84. The van der Waals surface area contributed by atoms with Crippen LogP contribution in [0.5, 0.6) is 5.75 Å².